The third-order valence-electron chi connectivity index (χ3n) is 4.33. The van der Waals surface area contributed by atoms with Gasteiger partial charge >= 0.3 is 0 Å². The summed E-state index contributed by atoms with van der Waals surface area (Å²) in [4.78, 5) is 2.58. The van der Waals surface area contributed by atoms with E-state index in [1.807, 2.05) is 0 Å². The number of nitrogens with two attached hydrogens (primary N) is 1. The Labute approximate surface area is 116 Å². The number of aromatic hydroxyl groups is 1. The van der Waals surface area contributed by atoms with E-state index in [1.165, 1.54) is 37.9 Å². The summed E-state index contributed by atoms with van der Waals surface area (Å²) in [7, 11) is 0. The fourth-order valence-electron chi connectivity index (χ4n) is 3.19. The van der Waals surface area contributed by atoms with Gasteiger partial charge in [0.1, 0.15) is 5.75 Å². The lowest BCUT2D eigenvalue weighted by atomic mass is 9.91. The van der Waals surface area contributed by atoms with Gasteiger partial charge < -0.3 is 10.8 Å². The quantitative estimate of drug-likeness (QED) is 0.858. The number of likely N-dealkylation sites (tertiary alicyclic amines) is 1. The lowest BCUT2D eigenvalue weighted by molar-refractivity contribution is 0.126. The fourth-order valence-corrected chi connectivity index (χ4v) is 3.19. The van der Waals surface area contributed by atoms with E-state index in [0.29, 0.717) is 11.8 Å². The summed E-state index contributed by atoms with van der Waals surface area (Å²) in [5.74, 6) is 1.17. The molecule has 0 aliphatic carbocycles. The molecule has 2 rings (SSSR count). The number of hydrogen-bond donors (Lipinski definition) is 2. The van der Waals surface area contributed by atoms with Gasteiger partial charge in [-0.2, -0.15) is 0 Å². The Balaban J connectivity index is 1.97. The Morgan fingerprint density at radius 1 is 1.26 bits per heavy atom. The van der Waals surface area contributed by atoms with E-state index in [-0.39, 0.29) is 0 Å². The van der Waals surface area contributed by atoms with Gasteiger partial charge in [0.25, 0.3) is 0 Å². The molecule has 3 nitrogen and oxygen atoms in total. The molecule has 1 saturated heterocycles. The summed E-state index contributed by atoms with van der Waals surface area (Å²) >= 11 is 0. The molecule has 1 atom stereocenters. The number of phenolic OH excluding ortho intramolecular Hbond substituents is 1. The summed E-state index contributed by atoms with van der Waals surface area (Å²) < 4.78 is 0. The van der Waals surface area contributed by atoms with Crippen LogP contribution >= 0.6 is 0 Å². The first-order chi connectivity index (χ1) is 9.24. The second-order valence-corrected chi connectivity index (χ2v) is 5.57. The van der Waals surface area contributed by atoms with E-state index in [1.54, 1.807) is 12.1 Å². The van der Waals surface area contributed by atoms with Crippen LogP contribution in [0.5, 0.6) is 5.75 Å². The normalized spacial score (nSPS) is 19.5. The maximum absolute atomic E-state index is 9.39. The molecule has 0 aromatic heterocycles. The van der Waals surface area contributed by atoms with Crippen molar-refractivity contribution in [3.05, 3.63) is 29.8 Å². The Hall–Kier alpha value is -1.06. The lowest BCUT2D eigenvalue weighted by Gasteiger charge is -2.37. The molecule has 1 aromatic rings. The van der Waals surface area contributed by atoms with E-state index in [0.717, 1.165) is 18.9 Å². The molecule has 0 spiro atoms. The Bertz CT molecular complexity index is 369. The molecule has 0 saturated carbocycles. The van der Waals surface area contributed by atoms with Gasteiger partial charge in [-0.15, -0.1) is 0 Å². The standard InChI is InChI=1S/C16H26N2O/c1-2-16(14-3-5-15(19)6-4-14)18-11-8-13(7-10-17)9-12-18/h3-6,13,16,19H,2,7-12,17H2,1H3. The first kappa shape index (κ1) is 14.4. The lowest BCUT2D eigenvalue weighted by Crippen LogP contribution is -2.37. The highest BCUT2D eigenvalue weighted by molar-refractivity contribution is 5.28. The molecule has 3 N–H and O–H groups in total. The average molecular weight is 262 g/mol. The van der Waals surface area contributed by atoms with Gasteiger partial charge in [0, 0.05) is 6.04 Å². The Kier molecular flexibility index (Phi) is 5.23. The molecule has 1 heterocycles. The molecule has 1 fully saturated rings. The van der Waals surface area contributed by atoms with Crippen molar-refractivity contribution in [2.24, 2.45) is 11.7 Å². The van der Waals surface area contributed by atoms with Crippen LogP contribution in [0.25, 0.3) is 0 Å². The second-order valence-electron chi connectivity index (χ2n) is 5.57. The maximum Gasteiger partial charge on any atom is 0.115 e. The van der Waals surface area contributed by atoms with Crippen LogP contribution in [0.2, 0.25) is 0 Å². The van der Waals surface area contributed by atoms with Crippen molar-refractivity contribution in [3.8, 4) is 5.75 Å². The highest BCUT2D eigenvalue weighted by Gasteiger charge is 2.24. The molecule has 19 heavy (non-hydrogen) atoms. The van der Waals surface area contributed by atoms with Crippen molar-refractivity contribution in [2.45, 2.75) is 38.6 Å². The van der Waals surface area contributed by atoms with E-state index in [4.69, 9.17) is 5.73 Å². The summed E-state index contributed by atoms with van der Waals surface area (Å²) in [5.41, 5.74) is 6.97. The number of nitrogens with zero attached hydrogens (tertiary/aromatic N) is 1. The van der Waals surface area contributed by atoms with Gasteiger partial charge in [-0.3, -0.25) is 4.90 Å². The van der Waals surface area contributed by atoms with Crippen molar-refractivity contribution in [2.75, 3.05) is 19.6 Å². The van der Waals surface area contributed by atoms with Gasteiger partial charge in [0.05, 0.1) is 0 Å². The van der Waals surface area contributed by atoms with Crippen LogP contribution in [0.1, 0.15) is 44.2 Å². The first-order valence-corrected chi connectivity index (χ1v) is 7.47. The zero-order valence-corrected chi connectivity index (χ0v) is 11.9. The molecule has 1 aliphatic rings. The molecule has 1 aliphatic heterocycles. The van der Waals surface area contributed by atoms with Crippen LogP contribution < -0.4 is 5.73 Å². The van der Waals surface area contributed by atoms with Crippen molar-refractivity contribution in [1.82, 2.24) is 4.90 Å². The Morgan fingerprint density at radius 2 is 1.89 bits per heavy atom. The second kappa shape index (κ2) is 6.92. The van der Waals surface area contributed by atoms with Gasteiger partial charge in [-0.25, -0.2) is 0 Å². The molecule has 0 radical (unpaired) electrons. The van der Waals surface area contributed by atoms with Crippen LogP contribution in [0.3, 0.4) is 0 Å². The largest absolute Gasteiger partial charge is 0.508 e. The summed E-state index contributed by atoms with van der Waals surface area (Å²) in [6, 6.07) is 8.17. The third kappa shape index (κ3) is 3.71. The molecule has 1 aromatic carbocycles. The Morgan fingerprint density at radius 3 is 2.42 bits per heavy atom. The van der Waals surface area contributed by atoms with E-state index in [9.17, 15) is 5.11 Å². The molecule has 3 heteroatoms. The summed E-state index contributed by atoms with van der Waals surface area (Å²) in [5, 5.41) is 9.39. The number of phenols is 1. The number of rotatable bonds is 5. The minimum atomic E-state index is 0.347. The van der Waals surface area contributed by atoms with Crippen molar-refractivity contribution in [1.29, 1.82) is 0 Å². The topological polar surface area (TPSA) is 49.5 Å². The van der Waals surface area contributed by atoms with Crippen LogP contribution in [-0.4, -0.2) is 29.6 Å². The molecule has 0 amide bonds. The van der Waals surface area contributed by atoms with Gasteiger partial charge in [-0.1, -0.05) is 19.1 Å². The minimum Gasteiger partial charge on any atom is -0.508 e. The van der Waals surface area contributed by atoms with E-state index >= 15 is 0 Å². The summed E-state index contributed by atoms with van der Waals surface area (Å²) in [6.45, 7) is 5.40. The van der Waals surface area contributed by atoms with Gasteiger partial charge in [0.15, 0.2) is 0 Å². The molecule has 106 valence electrons. The first-order valence-electron chi connectivity index (χ1n) is 7.47. The maximum atomic E-state index is 9.39. The van der Waals surface area contributed by atoms with Crippen molar-refractivity contribution in [3.63, 3.8) is 0 Å². The van der Waals surface area contributed by atoms with Gasteiger partial charge in [0.2, 0.25) is 0 Å². The molecular weight excluding hydrogens is 236 g/mol. The van der Waals surface area contributed by atoms with Crippen LogP contribution in [-0.2, 0) is 0 Å². The predicted octanol–water partition coefficient (Wildman–Crippen LogP) is 2.90. The number of hydrogen-bond acceptors (Lipinski definition) is 3. The molecule has 0 bridgehead atoms. The van der Waals surface area contributed by atoms with Crippen LogP contribution in [0.4, 0.5) is 0 Å². The third-order valence-corrected chi connectivity index (χ3v) is 4.33. The fraction of sp³-hybridized carbons (Fsp3) is 0.625. The van der Waals surface area contributed by atoms with Crippen LogP contribution in [0, 0.1) is 5.92 Å². The van der Waals surface area contributed by atoms with Gasteiger partial charge in [-0.05, 0) is 68.9 Å². The smallest absolute Gasteiger partial charge is 0.115 e. The SMILES string of the molecule is CCC(c1ccc(O)cc1)N1CCC(CCN)CC1. The zero-order chi connectivity index (χ0) is 13.7. The van der Waals surface area contributed by atoms with E-state index in [2.05, 4.69) is 24.0 Å². The summed E-state index contributed by atoms with van der Waals surface area (Å²) in [6.07, 6.45) is 4.83. The molecular formula is C16H26N2O. The predicted molar refractivity (Wildman–Crippen MR) is 79.1 cm³/mol. The highest BCUT2D eigenvalue weighted by atomic mass is 16.3. The van der Waals surface area contributed by atoms with Crippen molar-refractivity contribution >= 4 is 0 Å². The number of piperidine rings is 1. The average Bonchev–Trinajstić information content (AvgIpc) is 2.44. The van der Waals surface area contributed by atoms with Crippen molar-refractivity contribution < 1.29 is 5.11 Å². The van der Waals surface area contributed by atoms with E-state index < -0.39 is 0 Å². The highest BCUT2D eigenvalue weighted by Crippen LogP contribution is 2.30. The number of benzene rings is 1. The minimum absolute atomic E-state index is 0.347. The zero-order valence-electron chi connectivity index (χ0n) is 11.9. The monoisotopic (exact) mass is 262 g/mol. The van der Waals surface area contributed by atoms with Crippen LogP contribution in [0.15, 0.2) is 24.3 Å². The molecule has 1 unspecified atom stereocenters.